The van der Waals surface area contributed by atoms with Gasteiger partial charge in [-0.3, -0.25) is 33.8 Å². The van der Waals surface area contributed by atoms with Gasteiger partial charge in [-0.25, -0.2) is 4.98 Å². The third kappa shape index (κ3) is 15.3. The highest BCUT2D eigenvalue weighted by Crippen LogP contribution is 2.37. The molecular formula is C65H83N7O8S. The number of hydrogen-bond acceptors (Lipinski definition) is 12. The average Bonchev–Trinajstić information content (AvgIpc) is 4.37. The third-order valence-corrected chi connectivity index (χ3v) is 17.7. The van der Waals surface area contributed by atoms with Crippen LogP contribution in [0.4, 0.5) is 0 Å². The first-order valence-electron chi connectivity index (χ1n) is 29.3. The number of aliphatic hydroxyl groups excluding tert-OH is 1. The van der Waals surface area contributed by atoms with Crippen molar-refractivity contribution < 1.29 is 38.6 Å². The molecule has 81 heavy (non-hydrogen) atoms. The Morgan fingerprint density at radius 1 is 0.840 bits per heavy atom. The molecule has 0 spiro atoms. The Kier molecular flexibility index (Phi) is 20.0. The van der Waals surface area contributed by atoms with Gasteiger partial charge in [0.15, 0.2) is 11.6 Å². The molecule has 9 rings (SSSR count). The molecule has 3 amide bonds. The van der Waals surface area contributed by atoms with Crippen molar-refractivity contribution in [2.24, 2.45) is 5.41 Å². The number of unbranched alkanes of at least 4 members (excludes halogenated alkanes) is 1. The van der Waals surface area contributed by atoms with E-state index in [1.165, 1.54) is 23.3 Å². The largest absolute Gasteiger partial charge is 0.391 e. The fourth-order valence-electron chi connectivity index (χ4n) is 12.0. The van der Waals surface area contributed by atoms with Crippen LogP contribution < -0.4 is 10.6 Å². The van der Waals surface area contributed by atoms with E-state index in [1.807, 2.05) is 83.5 Å². The smallest absolute Gasteiger partial charge is 0.252 e. The number of ketones is 2. The van der Waals surface area contributed by atoms with Gasteiger partial charge in [0, 0.05) is 119 Å². The van der Waals surface area contributed by atoms with Crippen molar-refractivity contribution in [2.45, 2.75) is 137 Å². The number of ether oxygens (including phenoxy) is 2. The van der Waals surface area contributed by atoms with Crippen molar-refractivity contribution in [2.75, 3.05) is 72.2 Å². The van der Waals surface area contributed by atoms with Crippen molar-refractivity contribution in [1.29, 1.82) is 0 Å². The van der Waals surface area contributed by atoms with Crippen molar-refractivity contribution >= 4 is 51.5 Å². The summed E-state index contributed by atoms with van der Waals surface area (Å²) in [6.45, 7) is 18.8. The van der Waals surface area contributed by atoms with Crippen LogP contribution in [0.1, 0.15) is 126 Å². The number of rotatable bonds is 24. The fraction of sp³-hybridized carbons (Fsp3) is 0.508. The summed E-state index contributed by atoms with van der Waals surface area (Å²) in [4.78, 5) is 79.5. The highest BCUT2D eigenvalue weighted by molar-refractivity contribution is 7.13. The van der Waals surface area contributed by atoms with Gasteiger partial charge in [-0.2, -0.15) is 0 Å². The summed E-state index contributed by atoms with van der Waals surface area (Å²) in [6, 6.07) is 22.0. The molecule has 0 radical (unpaired) electrons. The zero-order chi connectivity index (χ0) is 57.2. The summed E-state index contributed by atoms with van der Waals surface area (Å²) < 4.78 is 14.1. The topological polar surface area (TPSA) is 176 Å². The molecule has 4 heterocycles. The lowest BCUT2D eigenvalue weighted by atomic mass is 9.85. The van der Waals surface area contributed by atoms with Crippen LogP contribution in [0.3, 0.4) is 0 Å². The number of carbonyl (C=O) groups excluding carboxylic acids is 5. The molecule has 3 N–H and O–H groups in total. The first-order valence-corrected chi connectivity index (χ1v) is 30.2. The number of nitrogens with one attached hydrogen (secondary N) is 2. The number of Topliss-reactive ketones (excluding diaryl/α,β-unsaturated/α-hetero) is 2. The number of benzene rings is 3. The SMILES string of the molecule is CC1=CC(C)=C(CNC(=O)c2cc(-c3ccc(CN4CCN(CCOCCCCOCC(=O)N[C@H](C(=O)N5C[C@H](O)C[C@H]5C(=O)CCc5ccc(-c6scnc6C)cc5)C(C)(C)C)CC4)cc3)cc3c2ccn3C2CCCC2)C(=O)C1. The number of nitrogens with zero attached hydrogens (tertiary/aromatic N) is 5. The number of piperazine rings is 1. The highest BCUT2D eigenvalue weighted by atomic mass is 32.1. The summed E-state index contributed by atoms with van der Waals surface area (Å²) in [7, 11) is 0. The molecule has 3 aromatic carbocycles. The molecule has 1 saturated carbocycles. The van der Waals surface area contributed by atoms with Crippen LogP contribution in [0.5, 0.6) is 0 Å². The number of carbonyl (C=O) groups is 5. The zero-order valence-corrected chi connectivity index (χ0v) is 49.2. The summed E-state index contributed by atoms with van der Waals surface area (Å²) in [5.74, 6) is -0.978. The van der Waals surface area contributed by atoms with Crippen LogP contribution in [0.2, 0.25) is 0 Å². The Morgan fingerprint density at radius 2 is 1.53 bits per heavy atom. The molecule has 0 unspecified atom stereocenters. The van der Waals surface area contributed by atoms with Crippen LogP contribution in [0, 0.1) is 12.3 Å². The van der Waals surface area contributed by atoms with E-state index in [9.17, 15) is 29.1 Å². The van der Waals surface area contributed by atoms with E-state index in [0.29, 0.717) is 49.8 Å². The number of thiazole rings is 1. The summed E-state index contributed by atoms with van der Waals surface area (Å²) in [5.41, 5.74) is 11.9. The number of aromatic nitrogens is 2. The molecule has 4 aliphatic rings. The minimum absolute atomic E-state index is 0.0416. The molecular weight excluding hydrogens is 1040 g/mol. The standard InChI is InChI=1S/C65H83N7O8S/c1-43-33-44(2)55(59(75)34-43)38-66-63(77)54-35-50(36-56-53(54)23-24-71(56)51-11-7-8-12-51)48-18-15-47(16-19-48)39-70-27-25-69(26-28-70)29-32-79-30-9-10-31-80-41-60(76)68-62(65(4,5)6)64(78)72-40-52(73)37-57(72)58(74)22-17-46-13-20-49(21-14-46)61-45(3)67-42-81-61/h13-16,18-21,23-24,33,35-36,42,51-52,57,62,73H,7-12,17,22,25-32,34,37-41H2,1-6H3,(H,66,77)(H,68,76)/t52-,57+,62-/m1/s1. The number of aliphatic hydroxyl groups is 1. The van der Waals surface area contributed by atoms with Crippen LogP contribution >= 0.6 is 11.3 Å². The second-order valence-corrected chi connectivity index (χ2v) is 24.8. The van der Waals surface area contributed by atoms with E-state index < -0.39 is 29.5 Å². The maximum absolute atomic E-state index is 14.1. The molecule has 3 atom stereocenters. The number of amides is 3. The van der Waals surface area contributed by atoms with E-state index in [4.69, 9.17) is 9.47 Å². The lowest BCUT2D eigenvalue weighted by molar-refractivity contribution is -0.144. The van der Waals surface area contributed by atoms with Gasteiger partial charge in [0.1, 0.15) is 12.6 Å². The maximum atomic E-state index is 14.1. The first kappa shape index (κ1) is 59.5. The Bertz CT molecular complexity index is 3080. The predicted molar refractivity (Wildman–Crippen MR) is 319 cm³/mol. The lowest BCUT2D eigenvalue weighted by Crippen LogP contribution is -2.57. The molecule has 15 nitrogen and oxygen atoms in total. The Labute approximate surface area is 482 Å². The van der Waals surface area contributed by atoms with E-state index in [2.05, 4.69) is 72.6 Å². The molecule has 2 aliphatic carbocycles. The fourth-order valence-corrected chi connectivity index (χ4v) is 12.8. The van der Waals surface area contributed by atoms with Crippen LogP contribution in [-0.2, 0) is 41.6 Å². The van der Waals surface area contributed by atoms with Gasteiger partial charge in [-0.15, -0.1) is 11.3 Å². The first-order chi connectivity index (χ1) is 39.0. The Hall–Kier alpha value is -6.14. The van der Waals surface area contributed by atoms with E-state index in [1.54, 1.807) is 11.3 Å². The molecule has 0 bridgehead atoms. The molecule has 16 heteroatoms. The summed E-state index contributed by atoms with van der Waals surface area (Å²) >= 11 is 1.60. The average molecular weight is 1120 g/mol. The molecule has 5 aromatic rings. The van der Waals surface area contributed by atoms with Gasteiger partial charge in [0.05, 0.1) is 34.8 Å². The minimum atomic E-state index is -0.907. The summed E-state index contributed by atoms with van der Waals surface area (Å²) in [6.07, 6.45) is 10.9. The maximum Gasteiger partial charge on any atom is 0.252 e. The Balaban J connectivity index is 0.662. The van der Waals surface area contributed by atoms with E-state index in [-0.39, 0.29) is 55.9 Å². The van der Waals surface area contributed by atoms with Gasteiger partial charge in [-0.1, -0.05) is 93.8 Å². The number of aryl methyl sites for hydroxylation is 2. The van der Waals surface area contributed by atoms with Gasteiger partial charge < -0.3 is 34.7 Å². The molecule has 432 valence electrons. The van der Waals surface area contributed by atoms with Gasteiger partial charge in [-0.05, 0) is 110 Å². The second-order valence-electron chi connectivity index (χ2n) is 23.9. The quantitative estimate of drug-likeness (QED) is 0.0502. The number of fused-ring (bicyclic) bond motifs is 1. The molecule has 2 aliphatic heterocycles. The minimum Gasteiger partial charge on any atom is -0.391 e. The third-order valence-electron chi connectivity index (χ3n) is 16.7. The monoisotopic (exact) mass is 1120 g/mol. The number of likely N-dealkylation sites (tertiary alicyclic amines) is 1. The zero-order valence-electron chi connectivity index (χ0n) is 48.4. The van der Waals surface area contributed by atoms with Crippen molar-refractivity contribution in [3.63, 3.8) is 0 Å². The number of allylic oxidation sites excluding steroid dienone is 3. The van der Waals surface area contributed by atoms with Gasteiger partial charge >= 0.3 is 0 Å². The summed E-state index contributed by atoms with van der Waals surface area (Å²) in [5, 5.41) is 17.6. The van der Waals surface area contributed by atoms with E-state index >= 15 is 0 Å². The highest BCUT2D eigenvalue weighted by Gasteiger charge is 2.44. The lowest BCUT2D eigenvalue weighted by Gasteiger charge is -2.35. The molecule has 3 fully saturated rings. The Morgan fingerprint density at radius 3 is 2.22 bits per heavy atom. The van der Waals surface area contributed by atoms with Gasteiger partial charge in [0.25, 0.3) is 5.91 Å². The molecule has 2 saturated heterocycles. The van der Waals surface area contributed by atoms with Crippen LogP contribution in [0.25, 0.3) is 32.5 Å². The number of hydrogen-bond donors (Lipinski definition) is 3. The van der Waals surface area contributed by atoms with Crippen LogP contribution in [0.15, 0.2) is 101 Å². The molecule has 2 aromatic heterocycles. The second kappa shape index (κ2) is 27.3. The van der Waals surface area contributed by atoms with E-state index in [0.717, 1.165) is 120 Å². The predicted octanol–water partition coefficient (Wildman–Crippen LogP) is 9.45. The van der Waals surface area contributed by atoms with Crippen LogP contribution in [-0.4, -0.2) is 149 Å². The number of β-amino-alcohol motifs (C(OH)–C–C–N with tert-alkyl or cyclic N) is 1. The van der Waals surface area contributed by atoms with Crippen molar-refractivity contribution in [3.8, 4) is 21.6 Å². The van der Waals surface area contributed by atoms with Gasteiger partial charge in [0.2, 0.25) is 11.8 Å². The normalized spacial score (nSPS) is 18.9. The van der Waals surface area contributed by atoms with Crippen molar-refractivity contribution in [1.82, 2.24) is 34.9 Å². The van der Waals surface area contributed by atoms with Crippen molar-refractivity contribution in [3.05, 3.63) is 124 Å².